The van der Waals surface area contributed by atoms with E-state index in [0.717, 1.165) is 11.7 Å². The van der Waals surface area contributed by atoms with Crippen LogP contribution in [0, 0.1) is 5.92 Å². The molecule has 0 spiro atoms. The highest BCUT2D eigenvalue weighted by molar-refractivity contribution is 7.99. The summed E-state index contributed by atoms with van der Waals surface area (Å²) in [5.41, 5.74) is 2.95. The van der Waals surface area contributed by atoms with Crippen molar-refractivity contribution < 1.29 is 0 Å². The minimum atomic E-state index is 0.476. The molecule has 1 aliphatic carbocycles. The molecule has 2 nitrogen and oxygen atoms in total. The standard InChI is InChI=1S/C12H18N2S/c13-14-12(10-5-4-6-10)9-15-11-7-2-1-3-8-11/h1-3,7-8,10,12,14H,4-6,9,13H2. The van der Waals surface area contributed by atoms with Crippen molar-refractivity contribution in [2.45, 2.75) is 30.2 Å². The number of hydrogen-bond acceptors (Lipinski definition) is 3. The number of benzene rings is 1. The van der Waals surface area contributed by atoms with E-state index in [1.807, 2.05) is 11.8 Å². The van der Waals surface area contributed by atoms with Gasteiger partial charge in [0.25, 0.3) is 0 Å². The summed E-state index contributed by atoms with van der Waals surface area (Å²) >= 11 is 1.89. The Balaban J connectivity index is 1.80. The zero-order valence-electron chi connectivity index (χ0n) is 8.86. The van der Waals surface area contributed by atoms with Gasteiger partial charge in [0.2, 0.25) is 0 Å². The molecular formula is C12H18N2S. The van der Waals surface area contributed by atoms with Gasteiger partial charge in [-0.05, 0) is 30.9 Å². The maximum Gasteiger partial charge on any atom is 0.0332 e. The van der Waals surface area contributed by atoms with Gasteiger partial charge in [-0.2, -0.15) is 0 Å². The number of thioether (sulfide) groups is 1. The quantitative estimate of drug-likeness (QED) is 0.456. The van der Waals surface area contributed by atoms with Crippen molar-refractivity contribution in [2.75, 3.05) is 5.75 Å². The molecule has 0 aromatic heterocycles. The van der Waals surface area contributed by atoms with E-state index in [1.165, 1.54) is 24.2 Å². The van der Waals surface area contributed by atoms with Crippen molar-refractivity contribution in [2.24, 2.45) is 11.8 Å². The van der Waals surface area contributed by atoms with Crippen LogP contribution in [0.25, 0.3) is 0 Å². The highest BCUT2D eigenvalue weighted by Crippen LogP contribution is 2.31. The summed E-state index contributed by atoms with van der Waals surface area (Å²) in [6.45, 7) is 0. The van der Waals surface area contributed by atoms with Crippen LogP contribution < -0.4 is 11.3 Å². The Morgan fingerprint density at radius 3 is 2.60 bits per heavy atom. The van der Waals surface area contributed by atoms with Crippen LogP contribution in [0.2, 0.25) is 0 Å². The Morgan fingerprint density at radius 1 is 1.33 bits per heavy atom. The fourth-order valence-electron chi connectivity index (χ4n) is 1.87. The van der Waals surface area contributed by atoms with E-state index >= 15 is 0 Å². The summed E-state index contributed by atoms with van der Waals surface area (Å²) in [4.78, 5) is 1.33. The molecule has 1 atom stereocenters. The van der Waals surface area contributed by atoms with Crippen LogP contribution in [-0.4, -0.2) is 11.8 Å². The van der Waals surface area contributed by atoms with Crippen LogP contribution in [0.4, 0.5) is 0 Å². The fourth-order valence-corrected chi connectivity index (χ4v) is 2.96. The molecule has 1 unspecified atom stereocenters. The van der Waals surface area contributed by atoms with Gasteiger partial charge in [-0.3, -0.25) is 11.3 Å². The predicted molar refractivity (Wildman–Crippen MR) is 65.6 cm³/mol. The smallest absolute Gasteiger partial charge is 0.0332 e. The van der Waals surface area contributed by atoms with Crippen molar-refractivity contribution in [1.29, 1.82) is 0 Å². The average molecular weight is 222 g/mol. The van der Waals surface area contributed by atoms with Crippen LogP contribution in [0.3, 0.4) is 0 Å². The topological polar surface area (TPSA) is 38.0 Å². The Kier molecular flexibility index (Phi) is 4.06. The molecule has 3 N–H and O–H groups in total. The van der Waals surface area contributed by atoms with Crippen molar-refractivity contribution in [3.63, 3.8) is 0 Å². The van der Waals surface area contributed by atoms with E-state index in [9.17, 15) is 0 Å². The molecule has 0 heterocycles. The zero-order chi connectivity index (χ0) is 10.5. The summed E-state index contributed by atoms with van der Waals surface area (Å²) in [6, 6.07) is 11.0. The van der Waals surface area contributed by atoms with E-state index < -0.39 is 0 Å². The molecule has 0 amide bonds. The summed E-state index contributed by atoms with van der Waals surface area (Å²) in [6.07, 6.45) is 4.05. The largest absolute Gasteiger partial charge is 0.271 e. The van der Waals surface area contributed by atoms with E-state index in [-0.39, 0.29) is 0 Å². The molecule has 1 saturated carbocycles. The molecule has 0 bridgehead atoms. The third-order valence-electron chi connectivity index (χ3n) is 3.11. The molecule has 82 valence electrons. The van der Waals surface area contributed by atoms with Crippen LogP contribution in [0.5, 0.6) is 0 Å². The molecule has 1 fully saturated rings. The lowest BCUT2D eigenvalue weighted by atomic mass is 9.80. The van der Waals surface area contributed by atoms with E-state index in [2.05, 4.69) is 35.8 Å². The van der Waals surface area contributed by atoms with Gasteiger partial charge in [0, 0.05) is 16.7 Å². The lowest BCUT2D eigenvalue weighted by Gasteiger charge is -2.33. The Bertz CT molecular complexity index is 285. The Morgan fingerprint density at radius 2 is 2.07 bits per heavy atom. The third-order valence-corrected chi connectivity index (χ3v) is 4.24. The number of nitrogens with one attached hydrogen (secondary N) is 1. The van der Waals surface area contributed by atoms with Gasteiger partial charge in [-0.1, -0.05) is 24.6 Å². The SMILES string of the molecule is NNC(CSc1ccccc1)C1CCC1. The van der Waals surface area contributed by atoms with Gasteiger partial charge >= 0.3 is 0 Å². The lowest BCUT2D eigenvalue weighted by molar-refractivity contribution is 0.246. The molecule has 2 rings (SSSR count). The van der Waals surface area contributed by atoms with Gasteiger partial charge in [-0.25, -0.2) is 0 Å². The van der Waals surface area contributed by atoms with Crippen molar-refractivity contribution in [3.8, 4) is 0 Å². The lowest BCUT2D eigenvalue weighted by Crippen LogP contribution is -2.45. The average Bonchev–Trinajstić information content (AvgIpc) is 2.23. The second-order valence-electron chi connectivity index (χ2n) is 4.09. The highest BCUT2D eigenvalue weighted by Gasteiger charge is 2.26. The Hall–Kier alpha value is -0.510. The molecular weight excluding hydrogens is 204 g/mol. The first-order valence-electron chi connectivity index (χ1n) is 5.54. The minimum absolute atomic E-state index is 0.476. The third kappa shape index (κ3) is 2.97. The molecule has 1 aliphatic rings. The van der Waals surface area contributed by atoms with Gasteiger partial charge in [-0.15, -0.1) is 11.8 Å². The monoisotopic (exact) mass is 222 g/mol. The number of rotatable bonds is 5. The first-order valence-corrected chi connectivity index (χ1v) is 6.52. The number of hydrogen-bond donors (Lipinski definition) is 2. The molecule has 0 radical (unpaired) electrons. The van der Waals surface area contributed by atoms with Crippen LogP contribution in [0.1, 0.15) is 19.3 Å². The molecule has 1 aromatic carbocycles. The van der Waals surface area contributed by atoms with Crippen molar-refractivity contribution in [3.05, 3.63) is 30.3 Å². The maximum absolute atomic E-state index is 5.58. The molecule has 0 saturated heterocycles. The Labute approximate surface area is 95.6 Å². The van der Waals surface area contributed by atoms with Crippen molar-refractivity contribution >= 4 is 11.8 Å². The predicted octanol–water partition coefficient (Wildman–Crippen LogP) is 2.41. The fraction of sp³-hybridized carbons (Fsp3) is 0.500. The van der Waals surface area contributed by atoms with Gasteiger partial charge < -0.3 is 0 Å². The van der Waals surface area contributed by atoms with E-state index in [4.69, 9.17) is 5.84 Å². The van der Waals surface area contributed by atoms with E-state index in [0.29, 0.717) is 6.04 Å². The molecule has 15 heavy (non-hydrogen) atoms. The van der Waals surface area contributed by atoms with Crippen LogP contribution in [0.15, 0.2) is 35.2 Å². The normalized spacial score (nSPS) is 18.5. The van der Waals surface area contributed by atoms with Gasteiger partial charge in [0.15, 0.2) is 0 Å². The highest BCUT2D eigenvalue weighted by atomic mass is 32.2. The summed E-state index contributed by atoms with van der Waals surface area (Å²) < 4.78 is 0. The first kappa shape index (κ1) is 11.0. The van der Waals surface area contributed by atoms with Gasteiger partial charge in [0.1, 0.15) is 0 Å². The minimum Gasteiger partial charge on any atom is -0.271 e. The van der Waals surface area contributed by atoms with E-state index in [1.54, 1.807) is 0 Å². The van der Waals surface area contributed by atoms with Crippen molar-refractivity contribution in [1.82, 2.24) is 5.43 Å². The number of nitrogens with two attached hydrogens (primary N) is 1. The van der Waals surface area contributed by atoms with Crippen LogP contribution in [-0.2, 0) is 0 Å². The first-order chi connectivity index (χ1) is 7.40. The maximum atomic E-state index is 5.58. The second kappa shape index (κ2) is 5.54. The molecule has 1 aromatic rings. The molecule has 0 aliphatic heterocycles. The summed E-state index contributed by atoms with van der Waals surface area (Å²) in [5, 5.41) is 0. The second-order valence-corrected chi connectivity index (χ2v) is 5.18. The van der Waals surface area contributed by atoms with Gasteiger partial charge in [0.05, 0.1) is 0 Å². The zero-order valence-corrected chi connectivity index (χ0v) is 9.67. The number of hydrazine groups is 1. The molecule has 3 heteroatoms. The van der Waals surface area contributed by atoms with Crippen LogP contribution >= 0.6 is 11.8 Å². The summed E-state index contributed by atoms with van der Waals surface area (Å²) in [5.74, 6) is 7.46. The summed E-state index contributed by atoms with van der Waals surface area (Å²) in [7, 11) is 0.